The number of hydrogen-bond donors (Lipinski definition) is 1. The fourth-order valence-corrected chi connectivity index (χ4v) is 4.20. The van der Waals surface area contributed by atoms with Crippen molar-refractivity contribution in [1.82, 2.24) is 0 Å². The Balaban J connectivity index is 1.93. The summed E-state index contributed by atoms with van der Waals surface area (Å²) in [5, 5.41) is 10.9. The molecule has 0 bridgehead atoms. The van der Waals surface area contributed by atoms with Crippen molar-refractivity contribution < 1.29 is 33.7 Å². The van der Waals surface area contributed by atoms with Crippen LogP contribution in [0.2, 0.25) is 0 Å². The largest absolute Gasteiger partial charge is 0.489 e. The van der Waals surface area contributed by atoms with E-state index in [1.165, 1.54) is 21.1 Å². The summed E-state index contributed by atoms with van der Waals surface area (Å²) >= 11 is 0. The Hall–Kier alpha value is -3.19. The van der Waals surface area contributed by atoms with Crippen LogP contribution in [0.1, 0.15) is 30.4 Å². The average Bonchev–Trinajstić information content (AvgIpc) is 2.76. The van der Waals surface area contributed by atoms with Gasteiger partial charge in [-0.05, 0) is 30.2 Å². The van der Waals surface area contributed by atoms with E-state index in [0.717, 1.165) is 5.56 Å². The summed E-state index contributed by atoms with van der Waals surface area (Å²) in [6, 6.07) is 16.5. The maximum Gasteiger partial charge on any atom is 0.316 e. The summed E-state index contributed by atoms with van der Waals surface area (Å²) in [4.78, 5) is 37.8. The molecule has 0 spiro atoms. The van der Waals surface area contributed by atoms with Gasteiger partial charge in [-0.3, -0.25) is 14.4 Å². The summed E-state index contributed by atoms with van der Waals surface area (Å²) < 4.78 is 15.5. The smallest absolute Gasteiger partial charge is 0.316 e. The fraction of sp³-hybridized carbons (Fsp3) is 0.375. The number of aliphatic hydroxyl groups is 1. The van der Waals surface area contributed by atoms with E-state index in [4.69, 9.17) is 14.2 Å². The second-order valence-corrected chi connectivity index (χ2v) is 7.87. The number of carbonyl (C=O) groups excluding carboxylic acids is 3. The third-order valence-corrected chi connectivity index (χ3v) is 5.69. The summed E-state index contributed by atoms with van der Waals surface area (Å²) in [6.45, 7) is 1.79. The second kappa shape index (κ2) is 9.31. The highest BCUT2D eigenvalue weighted by Gasteiger charge is 2.56. The normalized spacial score (nSPS) is 25.5. The minimum atomic E-state index is -1.66. The molecule has 0 unspecified atom stereocenters. The minimum Gasteiger partial charge on any atom is -0.489 e. The first-order chi connectivity index (χ1) is 14.8. The molecular formula is C24H26O7. The third kappa shape index (κ3) is 4.77. The van der Waals surface area contributed by atoms with Gasteiger partial charge in [0.25, 0.3) is 0 Å². The van der Waals surface area contributed by atoms with Crippen LogP contribution in [0.4, 0.5) is 0 Å². The Bertz CT molecular complexity index is 934. The Morgan fingerprint density at radius 3 is 2.19 bits per heavy atom. The molecule has 7 heteroatoms. The van der Waals surface area contributed by atoms with E-state index in [2.05, 4.69) is 0 Å². The molecule has 3 rings (SSSR count). The van der Waals surface area contributed by atoms with E-state index < -0.39 is 41.1 Å². The quantitative estimate of drug-likeness (QED) is 0.560. The highest BCUT2D eigenvalue weighted by molar-refractivity contribution is 6.02. The molecular weight excluding hydrogens is 400 g/mol. The Morgan fingerprint density at radius 1 is 1.00 bits per heavy atom. The molecule has 0 amide bonds. The molecule has 7 nitrogen and oxygen atoms in total. The van der Waals surface area contributed by atoms with Crippen molar-refractivity contribution >= 4 is 17.7 Å². The molecule has 0 saturated heterocycles. The zero-order chi connectivity index (χ0) is 22.6. The number of carbonyl (C=O) groups is 3. The van der Waals surface area contributed by atoms with Gasteiger partial charge in [0, 0.05) is 12.3 Å². The molecule has 0 aromatic heterocycles. The summed E-state index contributed by atoms with van der Waals surface area (Å²) in [6.07, 6.45) is -0.346. The first-order valence-corrected chi connectivity index (χ1v) is 9.96. The topological polar surface area (TPSA) is 99.1 Å². The van der Waals surface area contributed by atoms with Gasteiger partial charge < -0.3 is 19.3 Å². The lowest BCUT2D eigenvalue weighted by atomic mass is 9.62. The van der Waals surface area contributed by atoms with Gasteiger partial charge in [-0.1, -0.05) is 42.5 Å². The lowest BCUT2D eigenvalue weighted by molar-refractivity contribution is -0.170. The molecule has 1 aliphatic carbocycles. The molecule has 164 valence electrons. The van der Waals surface area contributed by atoms with Gasteiger partial charge in [0.2, 0.25) is 0 Å². The van der Waals surface area contributed by atoms with Gasteiger partial charge in [-0.2, -0.15) is 0 Å². The summed E-state index contributed by atoms with van der Waals surface area (Å²) in [5.74, 6) is -4.60. The van der Waals surface area contributed by atoms with E-state index >= 15 is 0 Å². The highest BCUT2D eigenvalue weighted by Crippen LogP contribution is 2.46. The van der Waals surface area contributed by atoms with Crippen molar-refractivity contribution in [3.63, 3.8) is 0 Å². The molecule has 4 atom stereocenters. The summed E-state index contributed by atoms with van der Waals surface area (Å²) in [5.41, 5.74) is -0.120. The van der Waals surface area contributed by atoms with E-state index in [-0.39, 0.29) is 6.42 Å². The highest BCUT2D eigenvalue weighted by atomic mass is 16.5. The molecule has 31 heavy (non-hydrogen) atoms. The second-order valence-electron chi connectivity index (χ2n) is 7.87. The molecule has 2 aromatic rings. The lowest BCUT2D eigenvalue weighted by Gasteiger charge is -2.43. The van der Waals surface area contributed by atoms with Crippen LogP contribution in [-0.2, 0) is 30.5 Å². The number of ketones is 1. The van der Waals surface area contributed by atoms with E-state index in [0.29, 0.717) is 17.9 Å². The molecule has 0 aliphatic heterocycles. The van der Waals surface area contributed by atoms with Crippen molar-refractivity contribution in [2.75, 3.05) is 14.2 Å². The van der Waals surface area contributed by atoms with Crippen LogP contribution in [0.15, 0.2) is 54.6 Å². The molecule has 1 fully saturated rings. The average molecular weight is 426 g/mol. The zero-order valence-electron chi connectivity index (χ0n) is 17.7. The van der Waals surface area contributed by atoms with Crippen molar-refractivity contribution in [2.45, 2.75) is 31.5 Å². The van der Waals surface area contributed by atoms with Crippen LogP contribution < -0.4 is 4.74 Å². The number of Topliss-reactive ketones (excluding diaryl/α,β-unsaturated/α-hetero) is 1. The maximum absolute atomic E-state index is 12.7. The number of benzene rings is 2. The first-order valence-electron chi connectivity index (χ1n) is 9.96. The fourth-order valence-electron chi connectivity index (χ4n) is 4.20. The molecule has 2 aromatic carbocycles. The monoisotopic (exact) mass is 426 g/mol. The molecule has 0 heterocycles. The van der Waals surface area contributed by atoms with Crippen molar-refractivity contribution in [3.05, 3.63) is 65.7 Å². The van der Waals surface area contributed by atoms with E-state index in [1.54, 1.807) is 24.3 Å². The van der Waals surface area contributed by atoms with Gasteiger partial charge in [-0.15, -0.1) is 0 Å². The van der Waals surface area contributed by atoms with Crippen LogP contribution >= 0.6 is 0 Å². The van der Waals surface area contributed by atoms with Gasteiger partial charge in [-0.25, -0.2) is 0 Å². The zero-order valence-corrected chi connectivity index (χ0v) is 17.7. The van der Waals surface area contributed by atoms with E-state index in [1.807, 2.05) is 30.3 Å². The Labute approximate surface area is 180 Å². The van der Waals surface area contributed by atoms with Crippen molar-refractivity contribution in [1.29, 1.82) is 0 Å². The molecule has 1 aliphatic rings. The number of esters is 2. The van der Waals surface area contributed by atoms with Crippen molar-refractivity contribution in [3.8, 4) is 5.75 Å². The Morgan fingerprint density at radius 2 is 1.61 bits per heavy atom. The van der Waals surface area contributed by atoms with Crippen LogP contribution in [0.25, 0.3) is 0 Å². The predicted molar refractivity (Wildman–Crippen MR) is 111 cm³/mol. The third-order valence-electron chi connectivity index (χ3n) is 5.69. The SMILES string of the molecule is COC(=O)[C@@H]1C(=O)C[C@](C)(O)[C@@H](C(=O)OC)[C@H]1c1ccc(OCc2ccccc2)cc1. The molecule has 0 radical (unpaired) electrons. The summed E-state index contributed by atoms with van der Waals surface area (Å²) in [7, 11) is 2.40. The number of ether oxygens (including phenoxy) is 3. The lowest BCUT2D eigenvalue weighted by Crippen LogP contribution is -2.55. The Kier molecular flexibility index (Phi) is 6.75. The number of methoxy groups -OCH3 is 2. The molecule has 1 N–H and O–H groups in total. The van der Waals surface area contributed by atoms with Crippen molar-refractivity contribution in [2.24, 2.45) is 11.8 Å². The number of rotatable bonds is 6. The van der Waals surface area contributed by atoms with E-state index in [9.17, 15) is 19.5 Å². The van der Waals surface area contributed by atoms with Gasteiger partial charge in [0.05, 0.1) is 25.7 Å². The molecule has 1 saturated carbocycles. The van der Waals surface area contributed by atoms with Gasteiger partial charge in [0.1, 0.15) is 18.3 Å². The minimum absolute atomic E-state index is 0.346. The standard InChI is InChI=1S/C24H26O7/c1-24(28)13-18(25)20(22(26)29-2)19(21(24)23(27)30-3)16-9-11-17(12-10-16)31-14-15-7-5-4-6-8-15/h4-12,19-21,28H,13-14H2,1-3H3/t19-,20+,21+,24-/m0/s1. The predicted octanol–water partition coefficient (Wildman–Crippen LogP) is 2.65. The van der Waals surface area contributed by atoms with Gasteiger partial charge in [0.15, 0.2) is 5.78 Å². The van der Waals surface area contributed by atoms with Crippen LogP contribution in [0.3, 0.4) is 0 Å². The van der Waals surface area contributed by atoms with Crippen LogP contribution in [0, 0.1) is 11.8 Å². The van der Waals surface area contributed by atoms with Crippen LogP contribution in [0.5, 0.6) is 5.75 Å². The number of hydrogen-bond acceptors (Lipinski definition) is 7. The first kappa shape index (κ1) is 22.5. The van der Waals surface area contributed by atoms with Gasteiger partial charge >= 0.3 is 11.9 Å². The van der Waals surface area contributed by atoms with Crippen LogP contribution in [-0.4, -0.2) is 42.6 Å². The maximum atomic E-state index is 12.7.